The number of amides is 1. The number of benzene rings is 1. The highest BCUT2D eigenvalue weighted by Gasteiger charge is 2.43. The van der Waals surface area contributed by atoms with Gasteiger partial charge in [-0.15, -0.1) is 0 Å². The zero-order valence-corrected chi connectivity index (χ0v) is 17.8. The molecule has 0 saturated heterocycles. The summed E-state index contributed by atoms with van der Waals surface area (Å²) in [5.41, 5.74) is 1.72. The van der Waals surface area contributed by atoms with Crippen molar-refractivity contribution in [3.8, 4) is 0 Å². The molecule has 7 nitrogen and oxygen atoms in total. The van der Waals surface area contributed by atoms with Crippen molar-refractivity contribution in [1.82, 2.24) is 24.9 Å². The summed E-state index contributed by atoms with van der Waals surface area (Å²) in [5.74, 6) is -0.660. The second kappa shape index (κ2) is 7.85. The number of carbonyl (C=O) groups excluding carboxylic acids is 1. The summed E-state index contributed by atoms with van der Waals surface area (Å²) < 4.78 is 15.1. The van der Waals surface area contributed by atoms with Gasteiger partial charge in [-0.05, 0) is 49.3 Å². The average Bonchev–Trinajstić information content (AvgIpc) is 3.19. The molecule has 1 aliphatic rings. The Hall–Kier alpha value is -3.55. The largest absolute Gasteiger partial charge is 0.348 e. The minimum atomic E-state index is -0.415. The van der Waals surface area contributed by atoms with Crippen molar-refractivity contribution < 1.29 is 9.18 Å². The molecule has 32 heavy (non-hydrogen) atoms. The number of halogens is 1. The number of hydrogen-bond acceptors (Lipinski definition) is 4. The van der Waals surface area contributed by atoms with Crippen molar-refractivity contribution in [3.05, 3.63) is 76.4 Å². The van der Waals surface area contributed by atoms with Crippen LogP contribution in [0.5, 0.6) is 0 Å². The Morgan fingerprint density at radius 2 is 2.03 bits per heavy atom. The molecule has 0 unspecified atom stereocenters. The maximum absolute atomic E-state index is 13.6. The highest BCUT2D eigenvalue weighted by atomic mass is 19.1. The van der Waals surface area contributed by atoms with Crippen LogP contribution in [0.15, 0.2) is 53.6 Å². The Morgan fingerprint density at radius 3 is 2.81 bits per heavy atom. The molecule has 3 aromatic heterocycles. The van der Waals surface area contributed by atoms with Crippen LogP contribution in [0, 0.1) is 11.2 Å². The number of aromatic nitrogens is 4. The van der Waals surface area contributed by atoms with E-state index in [0.29, 0.717) is 16.7 Å². The van der Waals surface area contributed by atoms with Gasteiger partial charge in [0.25, 0.3) is 11.5 Å². The lowest BCUT2D eigenvalue weighted by atomic mass is 9.61. The van der Waals surface area contributed by atoms with Gasteiger partial charge < -0.3 is 5.32 Å². The van der Waals surface area contributed by atoms with E-state index in [2.05, 4.69) is 27.4 Å². The van der Waals surface area contributed by atoms with Gasteiger partial charge in [-0.25, -0.2) is 14.5 Å². The standard InChI is InChI=1S/C24H24FN5O2/c1-2-24(10-9-19-17-5-3-4-6-18(17)22(31)29-28-19)11-16(12-24)27-23(32)20-13-26-21-8-7-15(25)14-30(20)21/h3-8,13-14,16H,2,9-12H2,1H3,(H,27,32)(H,29,31)/t16-,24-. The van der Waals surface area contributed by atoms with Gasteiger partial charge in [0.15, 0.2) is 0 Å². The summed E-state index contributed by atoms with van der Waals surface area (Å²) in [6, 6.07) is 10.5. The van der Waals surface area contributed by atoms with E-state index in [4.69, 9.17) is 0 Å². The summed E-state index contributed by atoms with van der Waals surface area (Å²) in [6.07, 6.45) is 7.20. The van der Waals surface area contributed by atoms with Gasteiger partial charge in [-0.3, -0.25) is 14.0 Å². The molecule has 3 heterocycles. The second-order valence-electron chi connectivity index (χ2n) is 8.70. The molecule has 0 bridgehead atoms. The number of hydrogen-bond donors (Lipinski definition) is 2. The number of aromatic amines is 1. The molecule has 4 aromatic rings. The van der Waals surface area contributed by atoms with Crippen LogP contribution in [0.4, 0.5) is 4.39 Å². The molecule has 1 aromatic carbocycles. The lowest BCUT2D eigenvalue weighted by molar-refractivity contribution is 0.0568. The second-order valence-corrected chi connectivity index (χ2v) is 8.70. The minimum Gasteiger partial charge on any atom is -0.348 e. The number of rotatable bonds is 6. The number of pyridine rings is 1. The molecule has 1 saturated carbocycles. The van der Waals surface area contributed by atoms with E-state index in [0.717, 1.165) is 43.2 Å². The lowest BCUT2D eigenvalue weighted by Gasteiger charge is -2.48. The van der Waals surface area contributed by atoms with Crippen LogP contribution in [0.2, 0.25) is 0 Å². The normalized spacial score (nSPS) is 20.4. The molecule has 1 amide bonds. The molecule has 2 N–H and O–H groups in total. The van der Waals surface area contributed by atoms with E-state index in [1.807, 2.05) is 24.3 Å². The maximum atomic E-state index is 13.6. The monoisotopic (exact) mass is 433 g/mol. The quantitative estimate of drug-likeness (QED) is 0.486. The fraction of sp³-hybridized carbons (Fsp3) is 0.333. The summed E-state index contributed by atoms with van der Waals surface area (Å²) >= 11 is 0. The first-order valence-corrected chi connectivity index (χ1v) is 10.9. The fourth-order valence-electron chi connectivity index (χ4n) is 4.88. The third-order valence-corrected chi connectivity index (χ3v) is 6.81. The SMILES string of the molecule is CC[C@]1(CCc2n[nH]c(=O)c3ccccc23)C[C@H](NC(=O)c2cnc3ccc(F)cn23)C1. The van der Waals surface area contributed by atoms with Gasteiger partial charge in [0.05, 0.1) is 17.3 Å². The molecule has 5 rings (SSSR count). The molecular formula is C24H24FN5O2. The number of nitrogens with one attached hydrogen (secondary N) is 2. The van der Waals surface area contributed by atoms with Crippen LogP contribution in [-0.4, -0.2) is 31.5 Å². The zero-order valence-electron chi connectivity index (χ0n) is 17.8. The third kappa shape index (κ3) is 3.55. The van der Waals surface area contributed by atoms with Crippen LogP contribution in [0.3, 0.4) is 0 Å². The van der Waals surface area contributed by atoms with Crippen molar-refractivity contribution in [3.63, 3.8) is 0 Å². The lowest BCUT2D eigenvalue weighted by Crippen LogP contribution is -2.51. The van der Waals surface area contributed by atoms with Crippen molar-refractivity contribution in [2.75, 3.05) is 0 Å². The molecule has 0 radical (unpaired) electrons. The smallest absolute Gasteiger partial charge is 0.272 e. The van der Waals surface area contributed by atoms with E-state index < -0.39 is 5.82 Å². The Kier molecular flexibility index (Phi) is 5.00. The van der Waals surface area contributed by atoms with Gasteiger partial charge in [-0.2, -0.15) is 5.10 Å². The Morgan fingerprint density at radius 1 is 1.25 bits per heavy atom. The molecule has 0 atom stereocenters. The van der Waals surface area contributed by atoms with Gasteiger partial charge >= 0.3 is 0 Å². The molecule has 1 aliphatic carbocycles. The van der Waals surface area contributed by atoms with Crippen molar-refractivity contribution in [2.45, 2.75) is 45.1 Å². The average molecular weight is 433 g/mol. The topological polar surface area (TPSA) is 92.1 Å². The van der Waals surface area contributed by atoms with Gasteiger partial charge in [0.1, 0.15) is 17.2 Å². The predicted molar refractivity (Wildman–Crippen MR) is 119 cm³/mol. The van der Waals surface area contributed by atoms with E-state index in [1.165, 1.54) is 22.9 Å². The van der Waals surface area contributed by atoms with E-state index in [9.17, 15) is 14.0 Å². The van der Waals surface area contributed by atoms with Crippen LogP contribution in [0.25, 0.3) is 16.4 Å². The van der Waals surface area contributed by atoms with Crippen LogP contribution in [-0.2, 0) is 6.42 Å². The molecular weight excluding hydrogens is 409 g/mol. The van der Waals surface area contributed by atoms with E-state index >= 15 is 0 Å². The number of fused-ring (bicyclic) bond motifs is 2. The number of carbonyl (C=O) groups is 1. The fourth-order valence-corrected chi connectivity index (χ4v) is 4.88. The maximum Gasteiger partial charge on any atom is 0.272 e. The van der Waals surface area contributed by atoms with E-state index in [-0.39, 0.29) is 22.9 Å². The Bertz CT molecular complexity index is 1370. The van der Waals surface area contributed by atoms with Gasteiger partial charge in [-0.1, -0.05) is 31.5 Å². The van der Waals surface area contributed by atoms with Crippen molar-refractivity contribution >= 4 is 22.3 Å². The summed E-state index contributed by atoms with van der Waals surface area (Å²) in [6.45, 7) is 2.17. The van der Waals surface area contributed by atoms with Crippen LogP contribution >= 0.6 is 0 Å². The third-order valence-electron chi connectivity index (χ3n) is 6.81. The first kappa shape index (κ1) is 20.4. The number of H-pyrrole nitrogens is 1. The molecule has 164 valence electrons. The highest BCUT2D eigenvalue weighted by Crippen LogP contribution is 2.47. The van der Waals surface area contributed by atoms with Crippen molar-refractivity contribution in [1.29, 1.82) is 0 Å². The van der Waals surface area contributed by atoms with Crippen LogP contribution in [0.1, 0.15) is 48.8 Å². The number of nitrogens with zero attached hydrogens (tertiary/aromatic N) is 3. The van der Waals surface area contributed by atoms with Gasteiger partial charge in [0, 0.05) is 17.6 Å². The van der Waals surface area contributed by atoms with Crippen molar-refractivity contribution in [2.24, 2.45) is 5.41 Å². The molecule has 0 aliphatic heterocycles. The highest BCUT2D eigenvalue weighted by molar-refractivity contribution is 5.93. The predicted octanol–water partition coefficient (Wildman–Crippen LogP) is 3.63. The first-order chi connectivity index (χ1) is 15.5. The number of aryl methyl sites for hydroxylation is 1. The van der Waals surface area contributed by atoms with Crippen LogP contribution < -0.4 is 10.9 Å². The Balaban J connectivity index is 1.25. The molecule has 8 heteroatoms. The Labute approximate surface area is 183 Å². The summed E-state index contributed by atoms with van der Waals surface area (Å²) in [4.78, 5) is 28.9. The summed E-state index contributed by atoms with van der Waals surface area (Å²) in [5, 5.41) is 11.5. The van der Waals surface area contributed by atoms with E-state index in [1.54, 1.807) is 6.07 Å². The minimum absolute atomic E-state index is 0.0712. The zero-order chi connectivity index (χ0) is 22.3. The first-order valence-electron chi connectivity index (χ1n) is 10.9. The summed E-state index contributed by atoms with van der Waals surface area (Å²) in [7, 11) is 0. The van der Waals surface area contributed by atoms with Gasteiger partial charge in [0.2, 0.25) is 0 Å². The molecule has 0 spiro atoms. The molecule has 1 fully saturated rings. The number of imidazole rings is 1.